The number of likely N-dealkylation sites (tertiary alicyclic amines) is 1. The number of piperidine rings is 1. The molecule has 2 atom stereocenters. The van der Waals surface area contributed by atoms with Gasteiger partial charge in [0.05, 0.1) is 12.6 Å². The summed E-state index contributed by atoms with van der Waals surface area (Å²) in [5.41, 5.74) is -0.465. The zero-order valence-electron chi connectivity index (χ0n) is 18.3. The Kier molecular flexibility index (Phi) is 5.89. The number of anilines is 1. The molecular formula is C22H23F4N5O2. The van der Waals surface area contributed by atoms with Crippen LogP contribution in [0, 0.1) is 17.5 Å². The Morgan fingerprint density at radius 2 is 1.91 bits per heavy atom. The largest absolute Gasteiger partial charge is 0.444 e. The highest BCUT2D eigenvalue weighted by Crippen LogP contribution is 2.29. The van der Waals surface area contributed by atoms with Crippen molar-refractivity contribution in [2.45, 2.75) is 45.0 Å². The van der Waals surface area contributed by atoms with Gasteiger partial charge in [0.25, 0.3) is 0 Å². The fourth-order valence-corrected chi connectivity index (χ4v) is 3.64. The number of carbonyl (C=O) groups is 1. The minimum atomic E-state index is -1.58. The molecule has 0 radical (unpaired) electrons. The number of hydrogen-bond donors (Lipinski definition) is 1. The lowest BCUT2D eigenvalue weighted by atomic mass is 10.0. The zero-order chi connectivity index (χ0) is 23.9. The molecule has 1 aliphatic rings. The number of carbonyl (C=O) groups excluding carboxylic acids is 1. The molecular weight excluding hydrogens is 442 g/mol. The van der Waals surface area contributed by atoms with E-state index >= 15 is 0 Å². The van der Waals surface area contributed by atoms with Crippen molar-refractivity contribution in [1.29, 1.82) is 0 Å². The van der Waals surface area contributed by atoms with Gasteiger partial charge in [-0.15, -0.1) is 5.10 Å². The van der Waals surface area contributed by atoms with E-state index in [9.17, 15) is 22.4 Å². The summed E-state index contributed by atoms with van der Waals surface area (Å²) in [5, 5.41) is 7.15. The average molecular weight is 465 g/mol. The molecule has 0 unspecified atom stereocenters. The molecule has 1 aliphatic heterocycles. The molecule has 0 spiro atoms. The third-order valence-corrected chi connectivity index (χ3v) is 5.20. The summed E-state index contributed by atoms with van der Waals surface area (Å²) in [7, 11) is 0. The molecule has 3 aromatic rings. The van der Waals surface area contributed by atoms with Crippen molar-refractivity contribution in [3.63, 3.8) is 0 Å². The van der Waals surface area contributed by atoms with Gasteiger partial charge in [-0.05, 0) is 51.5 Å². The van der Waals surface area contributed by atoms with Crippen molar-refractivity contribution in [2.75, 3.05) is 18.4 Å². The van der Waals surface area contributed by atoms with E-state index < -0.39 is 41.4 Å². The molecule has 1 amide bonds. The van der Waals surface area contributed by atoms with E-state index in [2.05, 4.69) is 15.4 Å². The summed E-state index contributed by atoms with van der Waals surface area (Å²) in [4.78, 5) is 17.8. The molecule has 33 heavy (non-hydrogen) atoms. The molecule has 11 heteroatoms. The first-order chi connectivity index (χ1) is 15.5. The van der Waals surface area contributed by atoms with Crippen molar-refractivity contribution in [3.05, 3.63) is 47.9 Å². The highest BCUT2D eigenvalue weighted by molar-refractivity contribution is 5.78. The molecule has 0 saturated carbocycles. The van der Waals surface area contributed by atoms with Crippen LogP contribution in [0.25, 0.3) is 16.8 Å². The van der Waals surface area contributed by atoms with Gasteiger partial charge >= 0.3 is 6.09 Å². The van der Waals surface area contributed by atoms with Crippen molar-refractivity contribution in [1.82, 2.24) is 19.5 Å². The molecule has 0 bridgehead atoms. The average Bonchev–Trinajstić information content (AvgIpc) is 3.15. The third-order valence-electron chi connectivity index (χ3n) is 5.20. The number of aromatic nitrogens is 3. The summed E-state index contributed by atoms with van der Waals surface area (Å²) < 4.78 is 62.8. The van der Waals surface area contributed by atoms with Crippen molar-refractivity contribution < 1.29 is 27.1 Å². The van der Waals surface area contributed by atoms with Gasteiger partial charge in [0.15, 0.2) is 23.1 Å². The van der Waals surface area contributed by atoms with Gasteiger partial charge in [-0.3, -0.25) is 0 Å². The van der Waals surface area contributed by atoms with E-state index in [-0.39, 0.29) is 35.8 Å². The van der Waals surface area contributed by atoms with Gasteiger partial charge in [-0.25, -0.2) is 26.9 Å². The van der Waals surface area contributed by atoms with Crippen LogP contribution >= 0.6 is 0 Å². The number of halogens is 4. The smallest absolute Gasteiger partial charge is 0.410 e. The highest BCUT2D eigenvalue weighted by Gasteiger charge is 2.34. The number of benzene rings is 1. The molecule has 2 aromatic heterocycles. The third kappa shape index (κ3) is 4.71. The highest BCUT2D eigenvalue weighted by atomic mass is 19.2. The van der Waals surface area contributed by atoms with Crippen LogP contribution in [-0.4, -0.2) is 56.5 Å². The maximum Gasteiger partial charge on any atom is 0.410 e. The SMILES string of the molecule is CC(C)(C)OC(=O)N1CC[C@H](Nc2nc3c(-c4ccc(F)c(F)c4F)cccn3n2)[C@H](F)C1. The van der Waals surface area contributed by atoms with Crippen LogP contribution in [0.4, 0.5) is 28.3 Å². The first kappa shape index (κ1) is 22.8. The Morgan fingerprint density at radius 3 is 2.61 bits per heavy atom. The summed E-state index contributed by atoms with van der Waals surface area (Å²) in [6.07, 6.45) is -0.137. The van der Waals surface area contributed by atoms with E-state index in [4.69, 9.17) is 4.74 Å². The Morgan fingerprint density at radius 1 is 1.15 bits per heavy atom. The number of rotatable bonds is 3. The monoisotopic (exact) mass is 465 g/mol. The van der Waals surface area contributed by atoms with Crippen LogP contribution in [0.15, 0.2) is 30.5 Å². The van der Waals surface area contributed by atoms with Crippen molar-refractivity contribution in [2.24, 2.45) is 0 Å². The Balaban J connectivity index is 1.53. The quantitative estimate of drug-likeness (QED) is 0.453. The maximum atomic E-state index is 14.8. The van der Waals surface area contributed by atoms with E-state index in [1.54, 1.807) is 33.0 Å². The number of amides is 1. The second kappa shape index (κ2) is 8.53. The summed E-state index contributed by atoms with van der Waals surface area (Å²) in [6, 6.07) is 4.34. The first-order valence-electron chi connectivity index (χ1n) is 10.4. The maximum absolute atomic E-state index is 14.8. The first-order valence-corrected chi connectivity index (χ1v) is 10.4. The van der Waals surface area contributed by atoms with Crippen LogP contribution in [0.5, 0.6) is 0 Å². The van der Waals surface area contributed by atoms with Crippen LogP contribution in [0.1, 0.15) is 27.2 Å². The van der Waals surface area contributed by atoms with E-state index in [1.165, 1.54) is 15.5 Å². The minimum Gasteiger partial charge on any atom is -0.444 e. The molecule has 176 valence electrons. The number of hydrogen-bond acceptors (Lipinski definition) is 5. The van der Waals surface area contributed by atoms with Crippen LogP contribution in [0.3, 0.4) is 0 Å². The minimum absolute atomic E-state index is 0.0869. The second-order valence-electron chi connectivity index (χ2n) is 8.83. The van der Waals surface area contributed by atoms with E-state index in [0.29, 0.717) is 6.42 Å². The standard InChI is InChI=1S/C22H23F4N5O2/c1-22(2,3)33-21(32)30-10-8-16(15(24)11-30)27-20-28-19-13(5-4-9-31(19)29-20)12-6-7-14(23)18(26)17(12)25/h4-7,9,15-16H,8,10-11H2,1-3H3,(H,27,29)/t15-,16+/m1/s1. The Bertz CT molecular complexity index is 1190. The predicted molar refractivity (Wildman–Crippen MR) is 113 cm³/mol. The number of nitrogens with one attached hydrogen (secondary N) is 1. The van der Waals surface area contributed by atoms with Crippen LogP contribution < -0.4 is 5.32 Å². The van der Waals surface area contributed by atoms with Gasteiger partial charge in [0, 0.05) is 23.9 Å². The predicted octanol–water partition coefficient (Wildman–Crippen LogP) is 4.57. The lowest BCUT2D eigenvalue weighted by Gasteiger charge is -2.35. The number of nitrogens with zero attached hydrogens (tertiary/aromatic N) is 4. The summed E-state index contributed by atoms with van der Waals surface area (Å²) >= 11 is 0. The summed E-state index contributed by atoms with van der Waals surface area (Å²) in [6.45, 7) is 5.35. The lowest BCUT2D eigenvalue weighted by molar-refractivity contribution is 0.0125. The molecule has 1 saturated heterocycles. The van der Waals surface area contributed by atoms with Gasteiger partial charge in [0.2, 0.25) is 5.95 Å². The molecule has 3 heterocycles. The van der Waals surface area contributed by atoms with Gasteiger partial charge in [-0.1, -0.05) is 0 Å². The zero-order valence-corrected chi connectivity index (χ0v) is 18.3. The Labute approximate surface area is 187 Å². The Hall–Kier alpha value is -3.37. The van der Waals surface area contributed by atoms with E-state index in [0.717, 1.165) is 12.1 Å². The molecule has 4 rings (SSSR count). The number of fused-ring (bicyclic) bond motifs is 1. The van der Waals surface area contributed by atoms with Crippen LogP contribution in [-0.2, 0) is 4.74 Å². The fourth-order valence-electron chi connectivity index (χ4n) is 3.64. The van der Waals surface area contributed by atoms with Gasteiger partial charge < -0.3 is 15.0 Å². The van der Waals surface area contributed by atoms with Crippen LogP contribution in [0.2, 0.25) is 0 Å². The second-order valence-corrected chi connectivity index (χ2v) is 8.83. The topological polar surface area (TPSA) is 71.8 Å². The van der Waals surface area contributed by atoms with E-state index in [1.807, 2.05) is 0 Å². The molecule has 7 nitrogen and oxygen atoms in total. The summed E-state index contributed by atoms with van der Waals surface area (Å²) in [5.74, 6) is -4.12. The molecule has 0 aliphatic carbocycles. The number of ether oxygens (including phenoxy) is 1. The number of pyridine rings is 1. The lowest BCUT2D eigenvalue weighted by Crippen LogP contribution is -2.51. The van der Waals surface area contributed by atoms with Crippen molar-refractivity contribution in [3.8, 4) is 11.1 Å². The fraction of sp³-hybridized carbons (Fsp3) is 0.409. The molecule has 1 aromatic carbocycles. The van der Waals surface area contributed by atoms with Gasteiger partial charge in [0.1, 0.15) is 11.8 Å². The molecule has 1 N–H and O–H groups in total. The van der Waals surface area contributed by atoms with Crippen molar-refractivity contribution >= 4 is 17.7 Å². The van der Waals surface area contributed by atoms with Gasteiger partial charge in [-0.2, -0.15) is 4.98 Å². The number of alkyl halides is 1. The normalized spacial score (nSPS) is 19.1. The molecule has 1 fully saturated rings.